The first-order valence-electron chi connectivity index (χ1n) is 12.4. The van der Waals surface area contributed by atoms with Gasteiger partial charge in [0.1, 0.15) is 17.1 Å². The number of urea groups is 1. The third kappa shape index (κ3) is 5.05. The van der Waals surface area contributed by atoms with E-state index in [-0.39, 0.29) is 11.9 Å². The number of rotatable bonds is 10. The van der Waals surface area contributed by atoms with Gasteiger partial charge in [0.2, 0.25) is 0 Å². The largest absolute Gasteiger partial charge is 0.466 e. The number of hydrogen-bond donors (Lipinski definition) is 0. The molecule has 7 heteroatoms. The van der Waals surface area contributed by atoms with Crippen LogP contribution < -0.4 is 0 Å². The second kappa shape index (κ2) is 10.7. The van der Waals surface area contributed by atoms with Gasteiger partial charge in [0.15, 0.2) is 0 Å². The number of aryl methyl sites for hydroxylation is 1. The van der Waals surface area contributed by atoms with Crippen molar-refractivity contribution in [2.24, 2.45) is 0 Å². The van der Waals surface area contributed by atoms with Crippen molar-refractivity contribution in [3.8, 4) is 0 Å². The Kier molecular flexibility index (Phi) is 7.73. The van der Waals surface area contributed by atoms with Crippen LogP contribution in [0, 0.1) is 6.92 Å². The van der Waals surface area contributed by atoms with Crippen LogP contribution in [0.15, 0.2) is 46.9 Å². The van der Waals surface area contributed by atoms with Crippen LogP contribution in [-0.2, 0) is 16.0 Å². The topological polar surface area (TPSA) is 66.2 Å². The van der Waals surface area contributed by atoms with Gasteiger partial charge in [0.05, 0.1) is 6.61 Å². The number of nitrogens with zero attached hydrogens (tertiary/aromatic N) is 3. The average molecular weight is 468 g/mol. The Morgan fingerprint density at radius 1 is 1.03 bits per heavy atom. The Hall–Kier alpha value is -2.64. The molecule has 3 amide bonds. The zero-order valence-electron chi connectivity index (χ0n) is 20.7. The molecule has 2 saturated heterocycles. The van der Waals surface area contributed by atoms with Crippen LogP contribution in [0.1, 0.15) is 49.2 Å². The molecular formula is C27H37N3O4. The molecule has 1 aromatic heterocycles. The maximum absolute atomic E-state index is 13.6. The number of piperidine rings is 1. The molecule has 0 N–H and O–H groups in total. The number of carbonyl (C=O) groups excluding carboxylic acids is 2. The van der Waals surface area contributed by atoms with E-state index in [1.807, 2.05) is 43.3 Å². The normalized spacial score (nSPS) is 19.4. The maximum atomic E-state index is 13.6. The molecule has 7 nitrogen and oxygen atoms in total. The van der Waals surface area contributed by atoms with E-state index in [1.165, 1.54) is 4.90 Å². The van der Waals surface area contributed by atoms with E-state index in [0.717, 1.165) is 43.1 Å². The van der Waals surface area contributed by atoms with E-state index < -0.39 is 5.54 Å². The third-order valence-electron chi connectivity index (χ3n) is 7.42. The van der Waals surface area contributed by atoms with Gasteiger partial charge in [-0.25, -0.2) is 4.79 Å². The van der Waals surface area contributed by atoms with Gasteiger partial charge in [-0.2, -0.15) is 0 Å². The van der Waals surface area contributed by atoms with Crippen molar-refractivity contribution in [2.45, 2.75) is 51.0 Å². The fourth-order valence-corrected chi connectivity index (χ4v) is 5.22. The lowest BCUT2D eigenvalue weighted by atomic mass is 9.85. The van der Waals surface area contributed by atoms with E-state index in [9.17, 15) is 9.59 Å². The summed E-state index contributed by atoms with van der Waals surface area (Å²) in [5.41, 5.74) is 0.384. The molecular weight excluding hydrogens is 430 g/mol. The van der Waals surface area contributed by atoms with Crippen LogP contribution in [0.4, 0.5) is 4.79 Å². The van der Waals surface area contributed by atoms with Crippen LogP contribution in [0.2, 0.25) is 0 Å². The summed E-state index contributed by atoms with van der Waals surface area (Å²) in [6.45, 7) is 8.01. The van der Waals surface area contributed by atoms with Crippen molar-refractivity contribution in [1.29, 1.82) is 0 Å². The summed E-state index contributed by atoms with van der Waals surface area (Å²) in [5, 5.41) is 0. The number of imide groups is 1. The maximum Gasteiger partial charge on any atom is 0.327 e. The fourth-order valence-electron chi connectivity index (χ4n) is 5.22. The van der Waals surface area contributed by atoms with Crippen LogP contribution in [0.5, 0.6) is 0 Å². The molecule has 2 fully saturated rings. The van der Waals surface area contributed by atoms with Crippen molar-refractivity contribution in [3.63, 3.8) is 0 Å². The standard InChI is InChI=1S/C27H37N3O4/c1-21(24-10-9-22(2)34-24)11-15-28-17-13-27(14-18-28)25(31)29(26(32)30(27)19-20-33-3)16-12-23-7-5-4-6-8-23/h4-10,21H,11-20H2,1-3H3. The lowest BCUT2D eigenvalue weighted by Crippen LogP contribution is -2.57. The smallest absolute Gasteiger partial charge is 0.327 e. The molecule has 0 radical (unpaired) electrons. The number of methoxy groups -OCH3 is 1. The molecule has 2 aromatic rings. The highest BCUT2D eigenvalue weighted by molar-refractivity contribution is 6.07. The summed E-state index contributed by atoms with van der Waals surface area (Å²) in [7, 11) is 1.63. The van der Waals surface area contributed by atoms with Crippen molar-refractivity contribution in [2.75, 3.05) is 46.4 Å². The summed E-state index contributed by atoms with van der Waals surface area (Å²) in [6, 6.07) is 13.9. The van der Waals surface area contributed by atoms with E-state index >= 15 is 0 Å². The van der Waals surface area contributed by atoms with Crippen molar-refractivity contribution in [1.82, 2.24) is 14.7 Å². The summed E-state index contributed by atoms with van der Waals surface area (Å²) in [4.78, 5) is 32.6. The number of benzene rings is 1. The van der Waals surface area contributed by atoms with Gasteiger partial charge in [-0.05, 0) is 56.8 Å². The molecule has 3 heterocycles. The van der Waals surface area contributed by atoms with Gasteiger partial charge in [-0.15, -0.1) is 0 Å². The molecule has 1 spiro atoms. The number of amides is 3. The molecule has 1 aromatic carbocycles. The van der Waals surface area contributed by atoms with Gasteiger partial charge < -0.3 is 19.0 Å². The molecule has 2 aliphatic rings. The Bertz CT molecular complexity index is 965. The van der Waals surface area contributed by atoms with Gasteiger partial charge in [-0.1, -0.05) is 37.3 Å². The zero-order valence-corrected chi connectivity index (χ0v) is 20.7. The van der Waals surface area contributed by atoms with Gasteiger partial charge in [-0.3, -0.25) is 9.69 Å². The highest BCUT2D eigenvalue weighted by Gasteiger charge is 2.57. The second-order valence-corrected chi connectivity index (χ2v) is 9.63. The number of ether oxygens (including phenoxy) is 1. The number of hydrogen-bond acceptors (Lipinski definition) is 5. The van der Waals surface area contributed by atoms with Crippen LogP contribution in [0.3, 0.4) is 0 Å². The summed E-state index contributed by atoms with van der Waals surface area (Å²) in [6.07, 6.45) is 3.00. The SMILES string of the molecule is COCCN1C(=O)N(CCc2ccccc2)C(=O)C12CCN(CCC(C)c1ccc(C)o1)CC2. The first-order valence-corrected chi connectivity index (χ1v) is 12.4. The molecule has 184 valence electrons. The molecule has 4 rings (SSSR count). The third-order valence-corrected chi connectivity index (χ3v) is 7.42. The number of furan rings is 1. The first-order chi connectivity index (χ1) is 16.4. The highest BCUT2D eigenvalue weighted by atomic mass is 16.5. The molecule has 1 unspecified atom stereocenters. The fraction of sp³-hybridized carbons (Fsp3) is 0.556. The van der Waals surface area contributed by atoms with Crippen molar-refractivity contribution in [3.05, 3.63) is 59.5 Å². The van der Waals surface area contributed by atoms with Crippen LogP contribution >= 0.6 is 0 Å². The van der Waals surface area contributed by atoms with E-state index in [2.05, 4.69) is 17.9 Å². The lowest BCUT2D eigenvalue weighted by molar-refractivity contribution is -0.135. The lowest BCUT2D eigenvalue weighted by Gasteiger charge is -2.42. The van der Waals surface area contributed by atoms with E-state index in [1.54, 1.807) is 12.0 Å². The Morgan fingerprint density at radius 3 is 2.41 bits per heavy atom. The Balaban J connectivity index is 1.39. The molecule has 1 atom stereocenters. The number of carbonyl (C=O) groups is 2. The minimum atomic E-state index is -0.744. The Morgan fingerprint density at radius 2 is 1.76 bits per heavy atom. The predicted molar refractivity (Wildman–Crippen MR) is 131 cm³/mol. The molecule has 2 aliphatic heterocycles. The average Bonchev–Trinajstić information content (AvgIpc) is 3.37. The molecule has 0 bridgehead atoms. The summed E-state index contributed by atoms with van der Waals surface area (Å²) in [5.74, 6) is 2.29. The molecule has 0 aliphatic carbocycles. The quantitative estimate of drug-likeness (QED) is 0.493. The predicted octanol–water partition coefficient (Wildman–Crippen LogP) is 4.07. The second-order valence-electron chi connectivity index (χ2n) is 9.63. The monoisotopic (exact) mass is 467 g/mol. The zero-order chi connectivity index (χ0) is 24.1. The number of likely N-dealkylation sites (tertiary alicyclic amines) is 1. The van der Waals surface area contributed by atoms with Crippen LogP contribution in [-0.4, -0.2) is 78.6 Å². The van der Waals surface area contributed by atoms with Crippen molar-refractivity contribution >= 4 is 11.9 Å². The van der Waals surface area contributed by atoms with E-state index in [0.29, 0.717) is 44.9 Å². The summed E-state index contributed by atoms with van der Waals surface area (Å²) >= 11 is 0. The van der Waals surface area contributed by atoms with Gasteiger partial charge in [0.25, 0.3) is 5.91 Å². The Labute approximate surface area is 202 Å². The van der Waals surface area contributed by atoms with Crippen molar-refractivity contribution < 1.29 is 18.7 Å². The van der Waals surface area contributed by atoms with E-state index in [4.69, 9.17) is 9.15 Å². The minimum Gasteiger partial charge on any atom is -0.466 e. The highest BCUT2D eigenvalue weighted by Crippen LogP contribution is 2.37. The molecule has 34 heavy (non-hydrogen) atoms. The van der Waals surface area contributed by atoms with Crippen LogP contribution in [0.25, 0.3) is 0 Å². The van der Waals surface area contributed by atoms with Gasteiger partial charge in [0, 0.05) is 39.2 Å². The molecule has 0 saturated carbocycles. The van der Waals surface area contributed by atoms with Gasteiger partial charge >= 0.3 is 6.03 Å². The first kappa shape index (κ1) is 24.5. The minimum absolute atomic E-state index is 0.0383. The summed E-state index contributed by atoms with van der Waals surface area (Å²) < 4.78 is 11.1.